The maximum Gasteiger partial charge on any atom is 0.257 e. The number of nitrogens with one attached hydrogen (secondary N) is 1. The lowest BCUT2D eigenvalue weighted by Gasteiger charge is -2.22. The van der Waals surface area contributed by atoms with Gasteiger partial charge in [-0.3, -0.25) is 4.79 Å². The SMILES string of the molecule is CCN(CC)S(=O)(=O)c1cc(C(=O)Nc2sc3c(c2C#N)CC(c2ccc(O)cc2)CC3)c(Cl)cc1Cl. The van der Waals surface area contributed by atoms with Crippen LogP contribution in [0.2, 0.25) is 10.0 Å². The molecule has 1 aliphatic carbocycles. The van der Waals surface area contributed by atoms with E-state index >= 15 is 0 Å². The third kappa shape index (κ3) is 5.35. The molecular weight excluding hydrogens is 553 g/mol. The van der Waals surface area contributed by atoms with Crippen molar-refractivity contribution in [2.75, 3.05) is 18.4 Å². The summed E-state index contributed by atoms with van der Waals surface area (Å²) in [5.74, 6) is -0.229. The summed E-state index contributed by atoms with van der Waals surface area (Å²) in [6, 6.07) is 11.8. The first-order chi connectivity index (χ1) is 17.6. The first-order valence-corrected chi connectivity index (χ1v) is 14.8. The van der Waals surface area contributed by atoms with E-state index in [2.05, 4.69) is 11.4 Å². The highest BCUT2D eigenvalue weighted by Gasteiger charge is 2.30. The number of nitriles is 1. The summed E-state index contributed by atoms with van der Waals surface area (Å²) in [4.78, 5) is 14.1. The maximum atomic E-state index is 13.3. The fraction of sp³-hybridized carbons (Fsp3) is 0.308. The van der Waals surface area contributed by atoms with Crippen molar-refractivity contribution in [2.24, 2.45) is 0 Å². The van der Waals surface area contributed by atoms with Crippen molar-refractivity contribution < 1.29 is 18.3 Å². The third-order valence-corrected chi connectivity index (χ3v) is 10.6. The van der Waals surface area contributed by atoms with E-state index in [0.717, 1.165) is 28.8 Å². The number of hydrogen-bond acceptors (Lipinski definition) is 6. The van der Waals surface area contributed by atoms with Gasteiger partial charge in [0, 0.05) is 18.0 Å². The number of thiophene rings is 1. The Morgan fingerprint density at radius 1 is 1.19 bits per heavy atom. The molecular formula is C26H25Cl2N3O4S2. The molecule has 1 unspecified atom stereocenters. The fourth-order valence-electron chi connectivity index (χ4n) is 4.60. The van der Waals surface area contributed by atoms with Gasteiger partial charge in [0.2, 0.25) is 10.0 Å². The topological polar surface area (TPSA) is 111 Å². The van der Waals surface area contributed by atoms with Crippen LogP contribution in [0.5, 0.6) is 5.75 Å². The Balaban J connectivity index is 1.64. The van der Waals surface area contributed by atoms with Crippen molar-refractivity contribution in [2.45, 2.75) is 43.9 Å². The van der Waals surface area contributed by atoms with Crippen molar-refractivity contribution in [3.05, 3.63) is 73.6 Å². The Bertz CT molecular complexity index is 1490. The molecule has 1 atom stereocenters. The van der Waals surface area contributed by atoms with Gasteiger partial charge in [-0.2, -0.15) is 9.57 Å². The van der Waals surface area contributed by atoms with Crippen LogP contribution >= 0.6 is 34.5 Å². The van der Waals surface area contributed by atoms with Crippen LogP contribution in [0.4, 0.5) is 5.00 Å². The second kappa shape index (κ2) is 11.0. The lowest BCUT2D eigenvalue weighted by Crippen LogP contribution is -2.31. The molecule has 1 aromatic heterocycles. The molecule has 7 nitrogen and oxygen atoms in total. The number of sulfonamides is 1. The van der Waals surface area contributed by atoms with Crippen molar-refractivity contribution in [3.8, 4) is 11.8 Å². The number of rotatable bonds is 7. The minimum absolute atomic E-state index is 0.00761. The van der Waals surface area contributed by atoms with Crippen molar-refractivity contribution >= 4 is 55.5 Å². The molecule has 1 aliphatic rings. The molecule has 0 spiro atoms. The Hall–Kier alpha value is -2.61. The number of amides is 1. The van der Waals surface area contributed by atoms with E-state index in [4.69, 9.17) is 23.2 Å². The zero-order chi connectivity index (χ0) is 26.9. The van der Waals surface area contributed by atoms with Gasteiger partial charge in [0.15, 0.2) is 0 Å². The molecule has 0 fully saturated rings. The number of nitrogens with zero attached hydrogens (tertiary/aromatic N) is 2. The van der Waals surface area contributed by atoms with Gasteiger partial charge in [0.25, 0.3) is 5.91 Å². The van der Waals surface area contributed by atoms with Crippen molar-refractivity contribution in [3.63, 3.8) is 0 Å². The van der Waals surface area contributed by atoms with Crippen molar-refractivity contribution in [1.29, 1.82) is 5.26 Å². The van der Waals surface area contributed by atoms with E-state index in [1.807, 2.05) is 12.1 Å². The number of fused-ring (bicyclic) bond motifs is 1. The van der Waals surface area contributed by atoms with Gasteiger partial charge < -0.3 is 10.4 Å². The fourth-order valence-corrected chi connectivity index (χ4v) is 8.08. The number of benzene rings is 2. The molecule has 37 heavy (non-hydrogen) atoms. The van der Waals surface area contributed by atoms with Gasteiger partial charge in [-0.25, -0.2) is 8.42 Å². The van der Waals surface area contributed by atoms with Gasteiger partial charge in [0.1, 0.15) is 21.7 Å². The molecule has 0 radical (unpaired) electrons. The number of aryl methyl sites for hydroxylation is 1. The predicted molar refractivity (Wildman–Crippen MR) is 146 cm³/mol. The second-order valence-corrected chi connectivity index (χ2v) is 12.5. The van der Waals surface area contributed by atoms with Crippen LogP contribution in [-0.2, 0) is 22.9 Å². The van der Waals surface area contributed by atoms with Gasteiger partial charge in [-0.05, 0) is 60.6 Å². The zero-order valence-electron chi connectivity index (χ0n) is 20.2. The lowest BCUT2D eigenvalue weighted by atomic mass is 9.82. The number of halogens is 2. The summed E-state index contributed by atoms with van der Waals surface area (Å²) in [6.45, 7) is 3.92. The summed E-state index contributed by atoms with van der Waals surface area (Å²) >= 11 is 13.9. The predicted octanol–water partition coefficient (Wildman–Crippen LogP) is 6.19. The normalized spacial score (nSPS) is 15.3. The molecule has 2 N–H and O–H groups in total. The minimum atomic E-state index is -3.93. The quantitative estimate of drug-likeness (QED) is 0.348. The summed E-state index contributed by atoms with van der Waals surface area (Å²) in [5, 5.41) is 22.7. The van der Waals surface area contributed by atoms with Crippen LogP contribution in [0.15, 0.2) is 41.3 Å². The Labute approximate surface area is 230 Å². The van der Waals surface area contributed by atoms with Crippen LogP contribution in [0.3, 0.4) is 0 Å². The van der Waals surface area contributed by atoms with Gasteiger partial charge in [-0.1, -0.05) is 49.2 Å². The molecule has 2 aromatic carbocycles. The molecule has 194 valence electrons. The average Bonchev–Trinajstić information content (AvgIpc) is 3.20. The Morgan fingerprint density at radius 2 is 1.86 bits per heavy atom. The average molecular weight is 579 g/mol. The van der Waals surface area contributed by atoms with E-state index < -0.39 is 15.9 Å². The zero-order valence-corrected chi connectivity index (χ0v) is 23.4. The van der Waals surface area contributed by atoms with Crippen LogP contribution in [0.25, 0.3) is 0 Å². The summed E-state index contributed by atoms with van der Waals surface area (Å²) in [6.07, 6.45) is 2.28. The van der Waals surface area contributed by atoms with Crippen LogP contribution in [-0.4, -0.2) is 36.8 Å². The Kier molecular flexibility index (Phi) is 8.17. The van der Waals surface area contributed by atoms with Gasteiger partial charge in [-0.15, -0.1) is 11.3 Å². The first-order valence-electron chi connectivity index (χ1n) is 11.7. The highest BCUT2D eigenvalue weighted by atomic mass is 35.5. The molecule has 1 heterocycles. The molecule has 0 bridgehead atoms. The summed E-state index contributed by atoms with van der Waals surface area (Å²) in [7, 11) is -3.93. The lowest BCUT2D eigenvalue weighted by molar-refractivity contribution is 0.102. The van der Waals surface area contributed by atoms with E-state index in [-0.39, 0.29) is 45.3 Å². The smallest absolute Gasteiger partial charge is 0.257 e. The van der Waals surface area contributed by atoms with E-state index in [0.29, 0.717) is 17.0 Å². The van der Waals surface area contributed by atoms with E-state index in [1.165, 1.54) is 27.8 Å². The molecule has 11 heteroatoms. The number of aromatic hydroxyl groups is 1. The summed E-state index contributed by atoms with van der Waals surface area (Å²) < 4.78 is 27.4. The number of hydrogen-bond donors (Lipinski definition) is 2. The monoisotopic (exact) mass is 577 g/mol. The van der Waals surface area contributed by atoms with Gasteiger partial charge in [0.05, 0.1) is 21.2 Å². The highest BCUT2D eigenvalue weighted by Crippen LogP contribution is 2.42. The maximum absolute atomic E-state index is 13.3. The second-order valence-electron chi connectivity index (χ2n) is 8.66. The van der Waals surface area contributed by atoms with E-state index in [1.54, 1.807) is 26.0 Å². The van der Waals surface area contributed by atoms with Crippen LogP contribution in [0.1, 0.15) is 58.1 Å². The largest absolute Gasteiger partial charge is 0.508 e. The molecule has 0 saturated carbocycles. The Morgan fingerprint density at radius 3 is 2.49 bits per heavy atom. The van der Waals surface area contributed by atoms with Crippen molar-refractivity contribution in [1.82, 2.24) is 4.31 Å². The number of carbonyl (C=O) groups is 1. The summed E-state index contributed by atoms with van der Waals surface area (Å²) in [5.41, 5.74) is 2.34. The number of anilines is 1. The molecule has 0 aliphatic heterocycles. The van der Waals surface area contributed by atoms with E-state index in [9.17, 15) is 23.6 Å². The number of carbonyl (C=O) groups excluding carboxylic acids is 1. The molecule has 1 amide bonds. The minimum Gasteiger partial charge on any atom is -0.508 e. The molecule has 0 saturated heterocycles. The number of phenolic OH excluding ortho intramolecular Hbond substituents is 1. The number of phenols is 1. The highest BCUT2D eigenvalue weighted by molar-refractivity contribution is 7.89. The first kappa shape index (κ1) is 27.4. The van der Waals surface area contributed by atoms with Crippen LogP contribution < -0.4 is 5.32 Å². The van der Waals surface area contributed by atoms with Crippen LogP contribution in [0, 0.1) is 11.3 Å². The molecule has 4 rings (SSSR count). The molecule has 3 aromatic rings. The van der Waals surface area contributed by atoms with Gasteiger partial charge >= 0.3 is 0 Å². The third-order valence-electron chi connectivity index (χ3n) is 6.55. The standard InChI is InChI=1S/C26H25Cl2N3O4S2/c1-3-31(4-2)37(34,35)24-12-19(21(27)13-22(24)28)25(33)30-26-20(14-29)18-11-16(7-10-23(18)36-26)15-5-8-17(32)9-6-15/h5-6,8-9,12-13,16,32H,3-4,7,10-11H2,1-2H3,(H,30,33).